The number of aromatic nitrogens is 4. The van der Waals surface area contributed by atoms with E-state index in [2.05, 4.69) is 32.2 Å². The number of hydrogen-bond donors (Lipinski definition) is 0. The van der Waals surface area contributed by atoms with Crippen molar-refractivity contribution in [1.82, 2.24) is 24.6 Å². The second-order valence-electron chi connectivity index (χ2n) is 8.48. The standard InChI is InChI=1S/C22H26ClN5O2S/c1-14-19(30-13-24-14)20-25-26-21(27(20)2)31-8-4-7-28-11-16-10-22(16,12-28)15-5-6-18(29-3)17(23)9-15/h5-6,9,13,16H,4,7-8,10-12H2,1-3H3/t16-,22+/m0/s1. The number of halogens is 1. The predicted octanol–water partition coefficient (Wildman–Crippen LogP) is 4.20. The van der Waals surface area contributed by atoms with E-state index in [-0.39, 0.29) is 5.41 Å². The van der Waals surface area contributed by atoms with Gasteiger partial charge in [0.2, 0.25) is 5.82 Å². The molecule has 9 heteroatoms. The molecule has 3 heterocycles. The van der Waals surface area contributed by atoms with Crippen molar-refractivity contribution < 1.29 is 9.15 Å². The van der Waals surface area contributed by atoms with Crippen LogP contribution >= 0.6 is 23.4 Å². The highest BCUT2D eigenvalue weighted by atomic mass is 35.5. The van der Waals surface area contributed by atoms with Crippen molar-refractivity contribution in [2.75, 3.05) is 32.5 Å². The third kappa shape index (κ3) is 3.75. The molecular formula is C22H26ClN5O2S. The molecule has 5 rings (SSSR count). The topological polar surface area (TPSA) is 69.2 Å². The molecule has 3 aromatic rings. The molecule has 0 radical (unpaired) electrons. The van der Waals surface area contributed by atoms with Gasteiger partial charge in [-0.1, -0.05) is 29.4 Å². The minimum Gasteiger partial charge on any atom is -0.495 e. The van der Waals surface area contributed by atoms with E-state index >= 15 is 0 Å². The number of aryl methyl sites for hydroxylation is 1. The molecule has 1 saturated carbocycles. The van der Waals surface area contributed by atoms with Gasteiger partial charge in [-0.3, -0.25) is 0 Å². The number of nitrogens with zero attached hydrogens (tertiary/aromatic N) is 5. The first kappa shape index (κ1) is 20.8. The van der Waals surface area contributed by atoms with Gasteiger partial charge in [0, 0.05) is 31.3 Å². The summed E-state index contributed by atoms with van der Waals surface area (Å²) in [5.74, 6) is 3.90. The highest BCUT2D eigenvalue weighted by Gasteiger charge is 2.60. The van der Waals surface area contributed by atoms with Gasteiger partial charge in [0.1, 0.15) is 5.75 Å². The van der Waals surface area contributed by atoms with E-state index in [4.69, 9.17) is 20.8 Å². The molecule has 1 aliphatic heterocycles. The van der Waals surface area contributed by atoms with Crippen LogP contribution in [-0.4, -0.2) is 57.1 Å². The minimum absolute atomic E-state index is 0.288. The van der Waals surface area contributed by atoms with Crippen LogP contribution in [0.15, 0.2) is 34.2 Å². The minimum atomic E-state index is 0.288. The Labute approximate surface area is 191 Å². The number of hydrogen-bond acceptors (Lipinski definition) is 7. The van der Waals surface area contributed by atoms with E-state index in [1.165, 1.54) is 24.9 Å². The predicted molar refractivity (Wildman–Crippen MR) is 121 cm³/mol. The Morgan fingerprint density at radius 2 is 2.23 bits per heavy atom. The van der Waals surface area contributed by atoms with Crippen LogP contribution < -0.4 is 4.74 Å². The number of likely N-dealkylation sites (tertiary alicyclic amines) is 1. The molecule has 2 aromatic heterocycles. The number of piperidine rings is 1. The van der Waals surface area contributed by atoms with Crippen molar-refractivity contribution in [3.63, 3.8) is 0 Å². The molecule has 164 valence electrons. The summed E-state index contributed by atoms with van der Waals surface area (Å²) in [5, 5.41) is 10.2. The zero-order valence-electron chi connectivity index (χ0n) is 18.0. The van der Waals surface area contributed by atoms with Gasteiger partial charge in [0.25, 0.3) is 0 Å². The van der Waals surface area contributed by atoms with Gasteiger partial charge in [-0.15, -0.1) is 10.2 Å². The summed E-state index contributed by atoms with van der Waals surface area (Å²) >= 11 is 8.11. The largest absolute Gasteiger partial charge is 0.495 e. The Balaban J connectivity index is 1.13. The van der Waals surface area contributed by atoms with E-state index in [1.54, 1.807) is 18.9 Å². The molecule has 0 unspecified atom stereocenters. The van der Waals surface area contributed by atoms with Crippen molar-refractivity contribution in [3.05, 3.63) is 40.9 Å². The van der Waals surface area contributed by atoms with Crippen LogP contribution in [0.2, 0.25) is 5.02 Å². The van der Waals surface area contributed by atoms with Crippen LogP contribution in [0, 0.1) is 12.8 Å². The molecule has 2 atom stereocenters. The zero-order chi connectivity index (χ0) is 21.6. The third-order valence-corrected chi connectivity index (χ3v) is 7.98. The molecular weight excluding hydrogens is 434 g/mol. The quantitative estimate of drug-likeness (QED) is 0.369. The maximum Gasteiger partial charge on any atom is 0.202 e. The van der Waals surface area contributed by atoms with Crippen molar-refractivity contribution in [2.24, 2.45) is 13.0 Å². The van der Waals surface area contributed by atoms with Gasteiger partial charge in [-0.05, 0) is 49.9 Å². The van der Waals surface area contributed by atoms with Crippen LogP contribution in [0.25, 0.3) is 11.6 Å². The second-order valence-corrected chi connectivity index (χ2v) is 9.95. The van der Waals surface area contributed by atoms with Crippen LogP contribution in [0.1, 0.15) is 24.1 Å². The highest BCUT2D eigenvalue weighted by molar-refractivity contribution is 7.99. The third-order valence-electron chi connectivity index (χ3n) is 6.58. The monoisotopic (exact) mass is 459 g/mol. The van der Waals surface area contributed by atoms with Gasteiger partial charge < -0.3 is 18.6 Å². The molecule has 7 nitrogen and oxygen atoms in total. The van der Waals surface area contributed by atoms with Crippen molar-refractivity contribution in [1.29, 1.82) is 0 Å². The average molecular weight is 460 g/mol. The fourth-order valence-corrected chi connectivity index (χ4v) is 5.88. The van der Waals surface area contributed by atoms with Crippen molar-refractivity contribution in [3.8, 4) is 17.3 Å². The summed E-state index contributed by atoms with van der Waals surface area (Å²) in [6.45, 7) is 5.30. The molecule has 2 fully saturated rings. The fraction of sp³-hybridized carbons (Fsp3) is 0.500. The summed E-state index contributed by atoms with van der Waals surface area (Å²) in [6.07, 6.45) is 3.82. The van der Waals surface area contributed by atoms with Gasteiger partial charge in [0.15, 0.2) is 17.3 Å². The van der Waals surface area contributed by atoms with E-state index < -0.39 is 0 Å². The first-order valence-corrected chi connectivity index (χ1v) is 11.9. The summed E-state index contributed by atoms with van der Waals surface area (Å²) in [7, 11) is 3.63. The average Bonchev–Trinajstić information content (AvgIpc) is 3.05. The van der Waals surface area contributed by atoms with Crippen LogP contribution in [0.5, 0.6) is 5.75 Å². The lowest BCUT2D eigenvalue weighted by Gasteiger charge is -2.21. The number of ether oxygens (including phenoxy) is 1. The zero-order valence-corrected chi connectivity index (χ0v) is 19.5. The highest BCUT2D eigenvalue weighted by Crippen LogP contribution is 2.59. The first-order valence-electron chi connectivity index (χ1n) is 10.5. The number of thioether (sulfide) groups is 1. The fourth-order valence-electron chi connectivity index (χ4n) is 4.79. The second kappa shape index (κ2) is 8.15. The summed E-state index contributed by atoms with van der Waals surface area (Å²) < 4.78 is 12.7. The van der Waals surface area contributed by atoms with E-state index in [9.17, 15) is 0 Å². The number of oxazole rings is 1. The molecule has 31 heavy (non-hydrogen) atoms. The molecule has 0 bridgehead atoms. The summed E-state index contributed by atoms with van der Waals surface area (Å²) in [4.78, 5) is 6.73. The number of rotatable bonds is 8. The Bertz CT molecular complexity index is 1100. The van der Waals surface area contributed by atoms with E-state index in [0.717, 1.165) is 53.6 Å². The number of methoxy groups -OCH3 is 1. The van der Waals surface area contributed by atoms with E-state index in [0.29, 0.717) is 10.8 Å². The molecule has 2 aliphatic rings. The maximum absolute atomic E-state index is 6.38. The Hall–Kier alpha value is -2.03. The maximum atomic E-state index is 6.38. The summed E-state index contributed by atoms with van der Waals surface area (Å²) in [6, 6.07) is 6.28. The lowest BCUT2D eigenvalue weighted by Crippen LogP contribution is -2.27. The lowest BCUT2D eigenvalue weighted by molar-refractivity contribution is 0.299. The molecule has 1 aromatic carbocycles. The van der Waals surface area contributed by atoms with E-state index in [1.807, 2.05) is 24.6 Å². The van der Waals surface area contributed by atoms with Crippen molar-refractivity contribution in [2.45, 2.75) is 30.3 Å². The van der Waals surface area contributed by atoms with Crippen LogP contribution in [-0.2, 0) is 12.5 Å². The Kier molecular flexibility index (Phi) is 5.48. The van der Waals surface area contributed by atoms with Gasteiger partial charge in [-0.2, -0.15) is 0 Å². The first-order chi connectivity index (χ1) is 15.0. The Morgan fingerprint density at radius 3 is 2.97 bits per heavy atom. The van der Waals surface area contributed by atoms with Gasteiger partial charge in [-0.25, -0.2) is 4.98 Å². The molecule has 0 N–H and O–H groups in total. The van der Waals surface area contributed by atoms with Crippen molar-refractivity contribution >= 4 is 23.4 Å². The normalized spacial score (nSPS) is 22.6. The lowest BCUT2D eigenvalue weighted by atomic mass is 9.95. The van der Waals surface area contributed by atoms with Gasteiger partial charge in [0.05, 0.1) is 17.8 Å². The molecule has 0 amide bonds. The smallest absolute Gasteiger partial charge is 0.202 e. The van der Waals surface area contributed by atoms with Crippen LogP contribution in [0.4, 0.5) is 0 Å². The number of fused-ring (bicyclic) bond motifs is 1. The molecule has 1 aliphatic carbocycles. The molecule has 1 saturated heterocycles. The summed E-state index contributed by atoms with van der Waals surface area (Å²) in [5.41, 5.74) is 2.47. The van der Waals surface area contributed by atoms with Crippen LogP contribution in [0.3, 0.4) is 0 Å². The number of benzene rings is 1. The molecule has 0 spiro atoms. The van der Waals surface area contributed by atoms with Gasteiger partial charge >= 0.3 is 0 Å². The SMILES string of the molecule is COc1ccc([C@]23C[C@H]2CN(CCCSc2nnc(-c4ocnc4C)n2C)C3)cc1Cl. The Morgan fingerprint density at radius 1 is 1.35 bits per heavy atom.